The maximum atomic E-state index is 12.7. The lowest BCUT2D eigenvalue weighted by Gasteiger charge is -2.17. The van der Waals surface area contributed by atoms with E-state index in [0.29, 0.717) is 17.8 Å². The van der Waals surface area contributed by atoms with Gasteiger partial charge < -0.3 is 10.2 Å². The van der Waals surface area contributed by atoms with Gasteiger partial charge in [0.25, 0.3) is 5.91 Å². The molecule has 1 aliphatic rings. The quantitative estimate of drug-likeness (QED) is 0.688. The van der Waals surface area contributed by atoms with Gasteiger partial charge in [0.15, 0.2) is 5.69 Å². The van der Waals surface area contributed by atoms with E-state index in [1.165, 1.54) is 6.20 Å². The average molecular weight is 415 g/mol. The van der Waals surface area contributed by atoms with Crippen molar-refractivity contribution in [3.05, 3.63) is 71.7 Å². The van der Waals surface area contributed by atoms with Gasteiger partial charge in [-0.3, -0.25) is 4.79 Å². The van der Waals surface area contributed by atoms with Crippen LogP contribution in [-0.4, -0.2) is 33.8 Å². The number of benzene rings is 1. The second-order valence-electron chi connectivity index (χ2n) is 7.09. The molecule has 1 amide bonds. The fourth-order valence-electron chi connectivity index (χ4n) is 3.36. The maximum absolute atomic E-state index is 12.7. The van der Waals surface area contributed by atoms with Crippen LogP contribution in [0.1, 0.15) is 34.5 Å². The number of nitrogens with zero attached hydrogens (tertiary/aromatic N) is 4. The van der Waals surface area contributed by atoms with Crippen molar-refractivity contribution in [3.8, 4) is 5.69 Å². The predicted octanol–water partition coefficient (Wildman–Crippen LogP) is 3.82. The van der Waals surface area contributed by atoms with E-state index >= 15 is 0 Å². The molecule has 1 aliphatic heterocycles. The van der Waals surface area contributed by atoms with Crippen molar-refractivity contribution in [3.63, 3.8) is 0 Å². The normalized spacial score (nSPS) is 14.2. The molecule has 0 aliphatic carbocycles. The monoisotopic (exact) mass is 415 g/mol. The van der Waals surface area contributed by atoms with E-state index in [1.54, 1.807) is 30.5 Å². The number of hydrogen-bond donors (Lipinski definition) is 1. The van der Waals surface area contributed by atoms with Crippen LogP contribution in [0.15, 0.2) is 54.9 Å². The first kappa shape index (κ1) is 19.9. The van der Waals surface area contributed by atoms with E-state index in [9.17, 15) is 18.0 Å². The van der Waals surface area contributed by atoms with Gasteiger partial charge in [0.1, 0.15) is 5.82 Å². The van der Waals surface area contributed by atoms with E-state index in [2.05, 4.69) is 20.3 Å². The molecular formula is C21H20F3N5O. The van der Waals surface area contributed by atoms with Crippen molar-refractivity contribution in [2.45, 2.75) is 25.6 Å². The van der Waals surface area contributed by atoms with Gasteiger partial charge in [-0.1, -0.05) is 0 Å². The molecular weight excluding hydrogens is 395 g/mol. The van der Waals surface area contributed by atoms with E-state index in [0.717, 1.165) is 48.1 Å². The highest BCUT2D eigenvalue weighted by Gasteiger charge is 2.33. The molecule has 1 fully saturated rings. The topological polar surface area (TPSA) is 63.1 Å². The van der Waals surface area contributed by atoms with Crippen molar-refractivity contribution in [2.24, 2.45) is 0 Å². The Labute approximate surface area is 171 Å². The van der Waals surface area contributed by atoms with Crippen LogP contribution in [0.5, 0.6) is 0 Å². The lowest BCUT2D eigenvalue weighted by molar-refractivity contribution is -0.141. The van der Waals surface area contributed by atoms with Crippen molar-refractivity contribution >= 4 is 11.7 Å². The molecule has 1 N–H and O–H groups in total. The van der Waals surface area contributed by atoms with Crippen LogP contribution in [0.25, 0.3) is 5.69 Å². The van der Waals surface area contributed by atoms with Gasteiger partial charge in [-0.25, -0.2) is 9.67 Å². The van der Waals surface area contributed by atoms with E-state index < -0.39 is 11.9 Å². The maximum Gasteiger partial charge on any atom is 0.435 e. The molecule has 0 radical (unpaired) electrons. The molecule has 0 unspecified atom stereocenters. The molecule has 2 aromatic heterocycles. The lowest BCUT2D eigenvalue weighted by Crippen LogP contribution is -2.23. The number of amides is 1. The number of aromatic nitrogens is 3. The zero-order valence-corrected chi connectivity index (χ0v) is 16.1. The second-order valence-corrected chi connectivity index (χ2v) is 7.09. The molecule has 0 spiro atoms. The first-order valence-electron chi connectivity index (χ1n) is 9.61. The molecule has 6 nitrogen and oxygen atoms in total. The number of alkyl halides is 3. The first-order chi connectivity index (χ1) is 14.4. The Morgan fingerprint density at radius 1 is 1.07 bits per heavy atom. The van der Waals surface area contributed by atoms with Crippen LogP contribution in [0.2, 0.25) is 0 Å². The van der Waals surface area contributed by atoms with Crippen LogP contribution >= 0.6 is 0 Å². The molecule has 3 aromatic rings. The molecule has 9 heteroatoms. The summed E-state index contributed by atoms with van der Waals surface area (Å²) < 4.78 is 39.2. The van der Waals surface area contributed by atoms with Crippen LogP contribution in [0, 0.1) is 0 Å². The molecule has 0 atom stereocenters. The number of hydrogen-bond acceptors (Lipinski definition) is 4. The SMILES string of the molecule is O=C(NCc1ccnc(N2CCCC2)c1)c1ccc(-n2ccc(C(F)(F)F)n2)cc1. The highest BCUT2D eigenvalue weighted by molar-refractivity contribution is 5.94. The third kappa shape index (κ3) is 4.45. The average Bonchev–Trinajstić information content (AvgIpc) is 3.44. The van der Waals surface area contributed by atoms with Gasteiger partial charge in [0.05, 0.1) is 5.69 Å². The standard InChI is InChI=1S/C21H20F3N5O/c22-21(23,24)18-8-12-29(27-18)17-5-3-16(4-6-17)20(30)26-14-15-7-9-25-19(13-15)28-10-1-2-11-28/h3-9,12-13H,1-2,10-11,14H2,(H,26,30). The van der Waals surface area contributed by atoms with Gasteiger partial charge in [0, 0.05) is 37.6 Å². The van der Waals surface area contributed by atoms with E-state index in [1.807, 2.05) is 12.1 Å². The number of carbonyl (C=O) groups excluding carboxylic acids is 1. The number of pyridine rings is 1. The molecule has 3 heterocycles. The first-order valence-corrected chi connectivity index (χ1v) is 9.61. The van der Waals surface area contributed by atoms with Crippen LogP contribution in [0.3, 0.4) is 0 Å². The van der Waals surface area contributed by atoms with E-state index in [-0.39, 0.29) is 5.91 Å². The summed E-state index contributed by atoms with van der Waals surface area (Å²) in [7, 11) is 0. The Bertz CT molecular complexity index is 1020. The summed E-state index contributed by atoms with van der Waals surface area (Å²) in [5, 5.41) is 6.38. The van der Waals surface area contributed by atoms with Crippen molar-refractivity contribution in [1.29, 1.82) is 0 Å². The Balaban J connectivity index is 1.38. The molecule has 1 aromatic carbocycles. The molecule has 30 heavy (non-hydrogen) atoms. The van der Waals surface area contributed by atoms with Gasteiger partial charge in [0.2, 0.25) is 0 Å². The van der Waals surface area contributed by atoms with Crippen LogP contribution in [0.4, 0.5) is 19.0 Å². The number of nitrogens with one attached hydrogen (secondary N) is 1. The minimum Gasteiger partial charge on any atom is -0.357 e. The fraction of sp³-hybridized carbons (Fsp3) is 0.286. The third-order valence-electron chi connectivity index (χ3n) is 4.97. The zero-order valence-electron chi connectivity index (χ0n) is 16.1. The Hall–Kier alpha value is -3.36. The Morgan fingerprint density at radius 3 is 2.47 bits per heavy atom. The summed E-state index contributed by atoms with van der Waals surface area (Å²) in [6.45, 7) is 2.35. The number of carbonyl (C=O) groups is 1. The Morgan fingerprint density at radius 2 is 1.80 bits per heavy atom. The largest absolute Gasteiger partial charge is 0.435 e. The van der Waals surface area contributed by atoms with Crippen LogP contribution < -0.4 is 10.2 Å². The number of rotatable bonds is 5. The van der Waals surface area contributed by atoms with Crippen molar-refractivity contribution < 1.29 is 18.0 Å². The molecule has 0 bridgehead atoms. The lowest BCUT2D eigenvalue weighted by atomic mass is 10.2. The molecule has 0 saturated carbocycles. The summed E-state index contributed by atoms with van der Waals surface area (Å²) in [6, 6.07) is 11.0. The highest BCUT2D eigenvalue weighted by atomic mass is 19.4. The van der Waals surface area contributed by atoms with Crippen molar-refractivity contribution in [1.82, 2.24) is 20.1 Å². The van der Waals surface area contributed by atoms with Gasteiger partial charge in [-0.15, -0.1) is 0 Å². The Kier molecular flexibility index (Phi) is 5.43. The van der Waals surface area contributed by atoms with Gasteiger partial charge in [-0.2, -0.15) is 18.3 Å². The van der Waals surface area contributed by atoms with Crippen LogP contribution in [-0.2, 0) is 12.7 Å². The number of anilines is 1. The highest BCUT2D eigenvalue weighted by Crippen LogP contribution is 2.28. The van der Waals surface area contributed by atoms with Gasteiger partial charge >= 0.3 is 6.18 Å². The smallest absolute Gasteiger partial charge is 0.357 e. The predicted molar refractivity (Wildman–Crippen MR) is 105 cm³/mol. The summed E-state index contributed by atoms with van der Waals surface area (Å²) >= 11 is 0. The summed E-state index contributed by atoms with van der Waals surface area (Å²) in [6.07, 6.45) is 0.804. The van der Waals surface area contributed by atoms with E-state index in [4.69, 9.17) is 0 Å². The minimum absolute atomic E-state index is 0.266. The van der Waals surface area contributed by atoms with Crippen molar-refractivity contribution in [2.75, 3.05) is 18.0 Å². The zero-order chi connectivity index (χ0) is 21.1. The minimum atomic E-state index is -4.49. The van der Waals surface area contributed by atoms with Gasteiger partial charge in [-0.05, 0) is 60.9 Å². The summed E-state index contributed by atoms with van der Waals surface area (Å²) in [5.41, 5.74) is 0.838. The molecule has 1 saturated heterocycles. The summed E-state index contributed by atoms with van der Waals surface area (Å²) in [4.78, 5) is 19.1. The second kappa shape index (κ2) is 8.17. The molecule has 4 rings (SSSR count). The molecule has 156 valence electrons. The number of halogens is 3. The summed E-state index contributed by atoms with van der Waals surface area (Å²) in [5.74, 6) is 0.651. The third-order valence-corrected chi connectivity index (χ3v) is 4.97. The fourth-order valence-corrected chi connectivity index (χ4v) is 3.36.